The van der Waals surface area contributed by atoms with Crippen molar-refractivity contribution in [3.63, 3.8) is 0 Å². The van der Waals surface area contributed by atoms with Gasteiger partial charge < -0.3 is 4.74 Å². The van der Waals surface area contributed by atoms with E-state index >= 15 is 0 Å². The molecule has 0 radical (unpaired) electrons. The van der Waals surface area contributed by atoms with Gasteiger partial charge in [-0.1, -0.05) is 30.3 Å². The van der Waals surface area contributed by atoms with Gasteiger partial charge in [-0.2, -0.15) is 0 Å². The lowest BCUT2D eigenvalue weighted by Crippen LogP contribution is -2.07. The predicted molar refractivity (Wildman–Crippen MR) is 70.1 cm³/mol. The zero-order valence-electron chi connectivity index (χ0n) is 9.15. The van der Waals surface area contributed by atoms with E-state index in [1.54, 1.807) is 0 Å². The normalized spacial score (nSPS) is 14.9. The van der Waals surface area contributed by atoms with Crippen molar-refractivity contribution in [2.75, 3.05) is 0 Å². The Balaban J connectivity index is 2.04. The zero-order valence-corrected chi connectivity index (χ0v) is 10.7. The van der Waals surface area contributed by atoms with Crippen LogP contribution in [0.2, 0.25) is 0 Å². The average molecular weight is 291 g/mol. The van der Waals surface area contributed by atoms with Gasteiger partial charge in [0.1, 0.15) is 6.10 Å². The molecule has 0 bridgehead atoms. The molecule has 0 atom stereocenters. The SMILES string of the molecule is O=C(OC1CC1)c1ccc2ccccc2c1Br. The summed E-state index contributed by atoms with van der Waals surface area (Å²) in [6.45, 7) is 0. The van der Waals surface area contributed by atoms with E-state index < -0.39 is 0 Å². The molecule has 0 aliphatic heterocycles. The number of carbonyl (C=O) groups is 1. The number of hydrogen-bond donors (Lipinski definition) is 0. The Hall–Kier alpha value is -1.35. The van der Waals surface area contributed by atoms with Gasteiger partial charge in [-0.3, -0.25) is 0 Å². The van der Waals surface area contributed by atoms with Gasteiger partial charge in [-0.15, -0.1) is 0 Å². The molecule has 86 valence electrons. The van der Waals surface area contributed by atoms with Crippen molar-refractivity contribution in [1.29, 1.82) is 0 Å². The van der Waals surface area contributed by atoms with E-state index in [2.05, 4.69) is 15.9 Å². The fraction of sp³-hybridized carbons (Fsp3) is 0.214. The van der Waals surface area contributed by atoms with E-state index in [1.165, 1.54) is 0 Å². The lowest BCUT2D eigenvalue weighted by molar-refractivity contribution is 0.0471. The second-order valence-electron chi connectivity index (χ2n) is 4.25. The topological polar surface area (TPSA) is 26.3 Å². The third-order valence-electron chi connectivity index (χ3n) is 2.88. The van der Waals surface area contributed by atoms with E-state index in [-0.39, 0.29) is 12.1 Å². The first-order valence-corrected chi connectivity index (χ1v) is 6.43. The van der Waals surface area contributed by atoms with Crippen molar-refractivity contribution in [2.45, 2.75) is 18.9 Å². The van der Waals surface area contributed by atoms with Crippen LogP contribution in [-0.4, -0.2) is 12.1 Å². The summed E-state index contributed by atoms with van der Waals surface area (Å²) in [4.78, 5) is 11.9. The summed E-state index contributed by atoms with van der Waals surface area (Å²) in [7, 11) is 0. The number of esters is 1. The lowest BCUT2D eigenvalue weighted by atomic mass is 10.1. The van der Waals surface area contributed by atoms with Crippen LogP contribution in [0, 0.1) is 0 Å². The molecule has 1 saturated carbocycles. The van der Waals surface area contributed by atoms with Crippen molar-refractivity contribution in [3.8, 4) is 0 Å². The molecule has 17 heavy (non-hydrogen) atoms. The Labute approximate surface area is 108 Å². The fourth-order valence-corrected chi connectivity index (χ4v) is 2.45. The van der Waals surface area contributed by atoms with Gasteiger partial charge in [0.15, 0.2) is 0 Å². The minimum Gasteiger partial charge on any atom is -0.459 e. The second-order valence-corrected chi connectivity index (χ2v) is 5.05. The molecule has 0 heterocycles. The highest BCUT2D eigenvalue weighted by Crippen LogP contribution is 2.30. The van der Waals surface area contributed by atoms with Crippen LogP contribution in [0.3, 0.4) is 0 Å². The molecule has 1 aliphatic rings. The maximum atomic E-state index is 11.9. The Morgan fingerprint density at radius 3 is 2.71 bits per heavy atom. The standard InChI is InChI=1S/C14H11BrO2/c15-13-11-4-2-1-3-9(11)5-8-12(13)14(16)17-10-6-7-10/h1-5,8,10H,6-7H2. The van der Waals surface area contributed by atoms with E-state index in [4.69, 9.17) is 4.74 Å². The van der Waals surface area contributed by atoms with Gasteiger partial charge in [0.05, 0.1) is 5.56 Å². The molecule has 2 aromatic carbocycles. The molecule has 0 aromatic heterocycles. The highest BCUT2D eigenvalue weighted by Gasteiger charge is 2.27. The fourth-order valence-electron chi connectivity index (χ4n) is 1.79. The number of halogens is 1. The van der Waals surface area contributed by atoms with Crippen LogP contribution in [0.4, 0.5) is 0 Å². The highest BCUT2D eigenvalue weighted by molar-refractivity contribution is 9.10. The van der Waals surface area contributed by atoms with Gasteiger partial charge in [-0.05, 0) is 45.6 Å². The molecular weight excluding hydrogens is 280 g/mol. The van der Waals surface area contributed by atoms with Gasteiger partial charge in [-0.25, -0.2) is 4.79 Å². The molecule has 0 spiro atoms. The molecule has 0 unspecified atom stereocenters. The summed E-state index contributed by atoms with van der Waals surface area (Å²) in [6.07, 6.45) is 2.13. The average Bonchev–Trinajstić information content (AvgIpc) is 3.13. The number of hydrogen-bond acceptors (Lipinski definition) is 2. The Bertz CT molecular complexity index is 588. The molecule has 3 rings (SSSR count). The molecule has 0 saturated heterocycles. The number of ether oxygens (including phenoxy) is 1. The largest absolute Gasteiger partial charge is 0.459 e. The maximum absolute atomic E-state index is 11.9. The van der Waals surface area contributed by atoms with Crippen LogP contribution >= 0.6 is 15.9 Å². The van der Waals surface area contributed by atoms with E-state index in [0.29, 0.717) is 5.56 Å². The monoisotopic (exact) mass is 290 g/mol. The molecule has 2 nitrogen and oxygen atoms in total. The summed E-state index contributed by atoms with van der Waals surface area (Å²) in [6, 6.07) is 11.7. The first-order valence-electron chi connectivity index (χ1n) is 5.64. The third-order valence-corrected chi connectivity index (χ3v) is 3.74. The van der Waals surface area contributed by atoms with Crippen molar-refractivity contribution < 1.29 is 9.53 Å². The summed E-state index contributed by atoms with van der Waals surface area (Å²) in [5.74, 6) is -0.231. The zero-order chi connectivity index (χ0) is 11.8. The number of carbonyl (C=O) groups excluding carboxylic acids is 1. The van der Waals surface area contributed by atoms with Crippen LogP contribution in [0.1, 0.15) is 23.2 Å². The summed E-state index contributed by atoms with van der Waals surface area (Å²) < 4.78 is 6.13. The molecule has 1 aliphatic carbocycles. The summed E-state index contributed by atoms with van der Waals surface area (Å²) in [5.41, 5.74) is 0.607. The molecule has 2 aromatic rings. The Kier molecular flexibility index (Phi) is 2.63. The minimum absolute atomic E-state index is 0.140. The molecule has 0 amide bonds. The van der Waals surface area contributed by atoms with E-state index in [9.17, 15) is 4.79 Å². The Morgan fingerprint density at radius 1 is 1.18 bits per heavy atom. The van der Waals surface area contributed by atoms with Crippen molar-refractivity contribution in [1.82, 2.24) is 0 Å². The summed E-state index contributed by atoms with van der Waals surface area (Å²) in [5, 5.41) is 2.15. The van der Waals surface area contributed by atoms with Gasteiger partial charge in [0.25, 0.3) is 0 Å². The lowest BCUT2D eigenvalue weighted by Gasteiger charge is -2.07. The molecule has 1 fully saturated rings. The number of benzene rings is 2. The number of rotatable bonds is 2. The Morgan fingerprint density at radius 2 is 1.94 bits per heavy atom. The first-order chi connectivity index (χ1) is 8.25. The molecule has 3 heteroatoms. The van der Waals surface area contributed by atoms with Crippen LogP contribution < -0.4 is 0 Å². The van der Waals surface area contributed by atoms with Gasteiger partial charge in [0.2, 0.25) is 0 Å². The van der Waals surface area contributed by atoms with Gasteiger partial charge >= 0.3 is 5.97 Å². The third kappa shape index (κ3) is 2.07. The molecule has 0 N–H and O–H groups in total. The smallest absolute Gasteiger partial charge is 0.339 e. The highest BCUT2D eigenvalue weighted by atomic mass is 79.9. The van der Waals surface area contributed by atoms with Crippen LogP contribution in [-0.2, 0) is 4.74 Å². The second kappa shape index (κ2) is 4.15. The van der Waals surface area contributed by atoms with Crippen molar-refractivity contribution in [2.24, 2.45) is 0 Å². The number of fused-ring (bicyclic) bond motifs is 1. The minimum atomic E-state index is -0.231. The van der Waals surface area contributed by atoms with Crippen LogP contribution in [0.15, 0.2) is 40.9 Å². The maximum Gasteiger partial charge on any atom is 0.339 e. The van der Waals surface area contributed by atoms with E-state index in [1.807, 2.05) is 36.4 Å². The van der Waals surface area contributed by atoms with Crippen LogP contribution in [0.25, 0.3) is 10.8 Å². The van der Waals surface area contributed by atoms with Crippen molar-refractivity contribution in [3.05, 3.63) is 46.4 Å². The van der Waals surface area contributed by atoms with Crippen molar-refractivity contribution >= 4 is 32.7 Å². The first kappa shape index (κ1) is 10.8. The van der Waals surface area contributed by atoms with E-state index in [0.717, 1.165) is 28.1 Å². The van der Waals surface area contributed by atoms with Crippen LogP contribution in [0.5, 0.6) is 0 Å². The van der Waals surface area contributed by atoms with Gasteiger partial charge in [0, 0.05) is 4.47 Å². The summed E-state index contributed by atoms with van der Waals surface area (Å²) >= 11 is 3.49. The predicted octanol–water partition coefficient (Wildman–Crippen LogP) is 3.92. The quantitative estimate of drug-likeness (QED) is 0.784. The molecular formula is C14H11BrO2.